The zero-order valence-electron chi connectivity index (χ0n) is 10.7. The van der Waals surface area contributed by atoms with Gasteiger partial charge in [-0.3, -0.25) is 4.79 Å². The topological polar surface area (TPSA) is 66.5 Å². The number of rotatable bonds is 2. The molecular formula is C12H15ClN2O3S. The first-order valence-corrected chi connectivity index (χ1v) is 7.71. The molecule has 19 heavy (non-hydrogen) atoms. The van der Waals surface area contributed by atoms with Crippen LogP contribution in [0.2, 0.25) is 5.02 Å². The minimum atomic E-state index is -3.75. The molecular weight excluding hydrogens is 288 g/mol. The number of hydrogen-bond donors (Lipinski definition) is 1. The van der Waals surface area contributed by atoms with Crippen molar-refractivity contribution in [1.29, 1.82) is 0 Å². The second-order valence-corrected chi connectivity index (χ2v) is 6.78. The van der Waals surface area contributed by atoms with Crippen molar-refractivity contribution >= 4 is 27.5 Å². The fraction of sp³-hybridized carbons (Fsp3) is 0.417. The summed E-state index contributed by atoms with van der Waals surface area (Å²) in [5, 5.41) is 2.81. The lowest BCUT2D eigenvalue weighted by Gasteiger charge is -2.32. The van der Waals surface area contributed by atoms with E-state index in [1.807, 2.05) is 6.92 Å². The van der Waals surface area contributed by atoms with Crippen molar-refractivity contribution in [1.82, 2.24) is 9.62 Å². The Balaban J connectivity index is 2.44. The molecule has 1 aromatic carbocycles. The summed E-state index contributed by atoms with van der Waals surface area (Å²) in [5.41, 5.74) is 0.883. The maximum atomic E-state index is 12.5. The number of amides is 1. The largest absolute Gasteiger partial charge is 0.353 e. The lowest BCUT2D eigenvalue weighted by molar-refractivity contribution is -0.126. The third kappa shape index (κ3) is 2.61. The van der Waals surface area contributed by atoms with Crippen LogP contribution >= 0.6 is 11.6 Å². The Morgan fingerprint density at radius 1 is 1.42 bits per heavy atom. The van der Waals surface area contributed by atoms with Crippen molar-refractivity contribution in [3.8, 4) is 0 Å². The van der Waals surface area contributed by atoms with Crippen molar-refractivity contribution in [3.63, 3.8) is 0 Å². The van der Waals surface area contributed by atoms with Gasteiger partial charge in [-0.05, 0) is 31.5 Å². The Hall–Kier alpha value is -1.11. The van der Waals surface area contributed by atoms with Crippen LogP contribution in [0.5, 0.6) is 0 Å². The van der Waals surface area contributed by atoms with Gasteiger partial charge in [0.2, 0.25) is 15.9 Å². The van der Waals surface area contributed by atoms with Crippen LogP contribution in [-0.4, -0.2) is 37.8 Å². The molecule has 1 aliphatic rings. The van der Waals surface area contributed by atoms with Gasteiger partial charge < -0.3 is 5.32 Å². The Kier molecular flexibility index (Phi) is 3.85. The number of benzene rings is 1. The molecule has 0 spiro atoms. The van der Waals surface area contributed by atoms with Gasteiger partial charge in [-0.1, -0.05) is 17.7 Å². The monoisotopic (exact) mass is 302 g/mol. The first-order chi connectivity index (χ1) is 8.84. The molecule has 7 heteroatoms. The highest BCUT2D eigenvalue weighted by Gasteiger charge is 2.36. The highest BCUT2D eigenvalue weighted by molar-refractivity contribution is 7.89. The average molecular weight is 303 g/mol. The van der Waals surface area contributed by atoms with E-state index < -0.39 is 16.1 Å². The summed E-state index contributed by atoms with van der Waals surface area (Å²) in [6.45, 7) is 3.96. The van der Waals surface area contributed by atoms with Gasteiger partial charge in [0.05, 0.1) is 5.02 Å². The molecule has 1 atom stereocenters. The summed E-state index contributed by atoms with van der Waals surface area (Å²) in [5.74, 6) is -0.293. The Morgan fingerprint density at radius 2 is 2.11 bits per heavy atom. The summed E-state index contributed by atoms with van der Waals surface area (Å²) in [6.07, 6.45) is 0. The minimum Gasteiger partial charge on any atom is -0.353 e. The molecule has 104 valence electrons. The van der Waals surface area contributed by atoms with E-state index in [4.69, 9.17) is 11.6 Å². The Labute approximate surface area is 117 Å². The standard InChI is InChI=1S/C12H15ClN2O3S/c1-8-3-4-11(10(13)7-8)19(17,18)15-6-5-14-12(16)9(15)2/h3-4,7,9H,5-6H2,1-2H3,(H,14,16). The van der Waals surface area contributed by atoms with Crippen molar-refractivity contribution in [2.24, 2.45) is 0 Å². The first-order valence-electron chi connectivity index (χ1n) is 5.90. The van der Waals surface area contributed by atoms with Crippen LogP contribution in [0.4, 0.5) is 0 Å². The molecule has 1 amide bonds. The van der Waals surface area contributed by atoms with E-state index in [0.717, 1.165) is 5.56 Å². The number of carbonyl (C=O) groups excluding carboxylic acids is 1. The lowest BCUT2D eigenvalue weighted by atomic mass is 10.2. The minimum absolute atomic E-state index is 0.0429. The fourth-order valence-electron chi connectivity index (χ4n) is 2.03. The van der Waals surface area contributed by atoms with Gasteiger partial charge in [-0.25, -0.2) is 8.42 Å². The number of sulfonamides is 1. The van der Waals surface area contributed by atoms with E-state index in [-0.39, 0.29) is 22.4 Å². The van der Waals surface area contributed by atoms with E-state index in [1.165, 1.54) is 10.4 Å². The number of halogens is 1. The molecule has 1 aromatic rings. The maximum Gasteiger partial charge on any atom is 0.245 e. The molecule has 0 bridgehead atoms. The van der Waals surface area contributed by atoms with E-state index in [0.29, 0.717) is 6.54 Å². The number of nitrogens with one attached hydrogen (secondary N) is 1. The van der Waals surface area contributed by atoms with E-state index in [1.54, 1.807) is 19.1 Å². The molecule has 1 N–H and O–H groups in total. The molecule has 1 fully saturated rings. The van der Waals surface area contributed by atoms with Crippen molar-refractivity contribution < 1.29 is 13.2 Å². The van der Waals surface area contributed by atoms with Gasteiger partial charge in [0.15, 0.2) is 0 Å². The summed E-state index contributed by atoms with van der Waals surface area (Å²) in [7, 11) is -3.75. The summed E-state index contributed by atoms with van der Waals surface area (Å²) < 4.78 is 26.3. The molecule has 2 rings (SSSR count). The highest BCUT2D eigenvalue weighted by Crippen LogP contribution is 2.27. The van der Waals surface area contributed by atoms with E-state index in [2.05, 4.69) is 5.32 Å². The molecule has 0 aromatic heterocycles. The van der Waals surface area contributed by atoms with Gasteiger partial charge in [0, 0.05) is 13.1 Å². The zero-order chi connectivity index (χ0) is 14.2. The third-order valence-electron chi connectivity index (χ3n) is 3.12. The summed E-state index contributed by atoms with van der Waals surface area (Å²) in [4.78, 5) is 11.6. The third-order valence-corrected chi connectivity index (χ3v) is 5.57. The molecule has 1 saturated heterocycles. The normalized spacial score (nSPS) is 21.2. The number of aryl methyl sites for hydroxylation is 1. The number of hydrogen-bond acceptors (Lipinski definition) is 3. The molecule has 5 nitrogen and oxygen atoms in total. The van der Waals surface area contributed by atoms with Crippen molar-refractivity contribution in [3.05, 3.63) is 28.8 Å². The molecule has 1 heterocycles. The lowest BCUT2D eigenvalue weighted by Crippen LogP contribution is -2.55. The van der Waals surface area contributed by atoms with Crippen LogP contribution in [0.25, 0.3) is 0 Å². The van der Waals surface area contributed by atoms with Crippen LogP contribution in [0.1, 0.15) is 12.5 Å². The van der Waals surface area contributed by atoms with Crippen LogP contribution in [0.15, 0.2) is 23.1 Å². The van der Waals surface area contributed by atoms with Crippen LogP contribution < -0.4 is 5.32 Å². The second-order valence-electron chi connectivity index (χ2n) is 4.52. The molecule has 0 radical (unpaired) electrons. The van der Waals surface area contributed by atoms with Crippen LogP contribution in [0, 0.1) is 6.92 Å². The van der Waals surface area contributed by atoms with Gasteiger partial charge in [0.1, 0.15) is 10.9 Å². The van der Waals surface area contributed by atoms with Crippen molar-refractivity contribution in [2.75, 3.05) is 13.1 Å². The zero-order valence-corrected chi connectivity index (χ0v) is 12.3. The molecule has 1 unspecified atom stereocenters. The number of carbonyl (C=O) groups is 1. The number of piperazine rings is 1. The smallest absolute Gasteiger partial charge is 0.245 e. The highest BCUT2D eigenvalue weighted by atomic mass is 35.5. The van der Waals surface area contributed by atoms with Gasteiger partial charge >= 0.3 is 0 Å². The van der Waals surface area contributed by atoms with Gasteiger partial charge in [-0.2, -0.15) is 4.31 Å². The fourth-order valence-corrected chi connectivity index (χ4v) is 4.20. The van der Waals surface area contributed by atoms with E-state index in [9.17, 15) is 13.2 Å². The predicted molar refractivity (Wildman–Crippen MR) is 72.6 cm³/mol. The Morgan fingerprint density at radius 3 is 2.74 bits per heavy atom. The van der Waals surface area contributed by atoms with E-state index >= 15 is 0 Å². The Bertz CT molecular complexity index is 615. The first kappa shape index (κ1) is 14.3. The average Bonchev–Trinajstić information content (AvgIpc) is 2.31. The molecule has 0 aliphatic carbocycles. The molecule has 0 saturated carbocycles. The molecule has 1 aliphatic heterocycles. The summed E-state index contributed by atoms with van der Waals surface area (Å²) >= 11 is 6.01. The SMILES string of the molecule is Cc1ccc(S(=O)(=O)N2CCNC(=O)C2C)c(Cl)c1. The van der Waals surface area contributed by atoms with Crippen molar-refractivity contribution in [2.45, 2.75) is 24.8 Å². The van der Waals surface area contributed by atoms with Crippen LogP contribution in [0.3, 0.4) is 0 Å². The summed E-state index contributed by atoms with van der Waals surface area (Å²) in [6, 6.07) is 4.04. The maximum absolute atomic E-state index is 12.5. The number of nitrogens with zero attached hydrogens (tertiary/aromatic N) is 1. The van der Waals surface area contributed by atoms with Crippen LogP contribution in [-0.2, 0) is 14.8 Å². The second kappa shape index (κ2) is 5.11. The van der Waals surface area contributed by atoms with Gasteiger partial charge in [0.25, 0.3) is 0 Å². The predicted octanol–water partition coefficient (Wildman–Crippen LogP) is 1.16. The van der Waals surface area contributed by atoms with Gasteiger partial charge in [-0.15, -0.1) is 0 Å². The quantitative estimate of drug-likeness (QED) is 0.891.